The monoisotopic (exact) mass is 682 g/mol. The lowest BCUT2D eigenvalue weighted by molar-refractivity contribution is -0.0286. The number of hydrogen-bond acceptors (Lipinski definition) is 10. The van der Waals surface area contributed by atoms with Crippen LogP contribution in [0.3, 0.4) is 0 Å². The van der Waals surface area contributed by atoms with Crippen molar-refractivity contribution in [1.82, 2.24) is 0 Å². The summed E-state index contributed by atoms with van der Waals surface area (Å²) in [5.41, 5.74) is 4.93. The molecule has 0 aliphatic carbocycles. The molecule has 0 amide bonds. The molecule has 2 saturated heterocycles. The van der Waals surface area contributed by atoms with Crippen LogP contribution in [0.1, 0.15) is 34.6 Å². The second-order valence-electron chi connectivity index (χ2n) is 12.3. The summed E-state index contributed by atoms with van der Waals surface area (Å²) in [6.07, 6.45) is -0.456. The minimum absolute atomic E-state index is 0.214. The van der Waals surface area contributed by atoms with Gasteiger partial charge in [0.15, 0.2) is 0 Å². The highest BCUT2D eigenvalue weighted by Crippen LogP contribution is 2.25. The number of esters is 2. The van der Waals surface area contributed by atoms with Gasteiger partial charge in [0.1, 0.15) is 49.1 Å². The van der Waals surface area contributed by atoms with Crippen molar-refractivity contribution in [3.8, 4) is 33.8 Å². The van der Waals surface area contributed by atoms with Gasteiger partial charge in [0.2, 0.25) is 0 Å². The van der Waals surface area contributed by atoms with E-state index in [0.717, 1.165) is 47.0 Å². The van der Waals surface area contributed by atoms with E-state index in [1.807, 2.05) is 72.8 Å². The topological polar surface area (TPSA) is 115 Å². The standard InChI is InChI=1S/C40H42O10/c1-27(49-39(41)33-7-3-29(4-8-33)31-11-15-35(16-12-31)45-23-37-25-47-37)21-43-19-20-44-22-28(2)50-40(42)34-9-5-30(6-10-34)32-13-17-36(18-14-32)46-24-38-26-48-38/h3-18,27-28,37-38H,19-26H2,1-2H3. The molecule has 10 heteroatoms. The summed E-state index contributed by atoms with van der Waals surface area (Å²) < 4.78 is 44.0. The second kappa shape index (κ2) is 17.3. The normalized spacial score (nSPS) is 17.3. The van der Waals surface area contributed by atoms with E-state index >= 15 is 0 Å². The van der Waals surface area contributed by atoms with Crippen LogP contribution in [-0.4, -0.2) is 89.2 Å². The van der Waals surface area contributed by atoms with E-state index < -0.39 is 24.1 Å². The molecule has 4 unspecified atom stereocenters. The van der Waals surface area contributed by atoms with E-state index in [-0.39, 0.29) is 25.4 Å². The molecule has 0 bridgehead atoms. The molecule has 2 aliphatic heterocycles. The number of carbonyl (C=O) groups is 2. The molecule has 0 spiro atoms. The third-order valence-electron chi connectivity index (χ3n) is 7.99. The van der Waals surface area contributed by atoms with E-state index in [0.29, 0.717) is 37.6 Å². The minimum atomic E-state index is -0.442. The maximum atomic E-state index is 12.6. The fourth-order valence-electron chi connectivity index (χ4n) is 4.98. The summed E-state index contributed by atoms with van der Waals surface area (Å²) in [4.78, 5) is 25.3. The maximum absolute atomic E-state index is 12.6. The third-order valence-corrected chi connectivity index (χ3v) is 7.99. The van der Waals surface area contributed by atoms with E-state index in [1.54, 1.807) is 38.1 Å². The fourth-order valence-corrected chi connectivity index (χ4v) is 4.98. The van der Waals surface area contributed by atoms with Crippen LogP contribution in [0.25, 0.3) is 22.3 Å². The molecule has 2 heterocycles. The fraction of sp³-hybridized carbons (Fsp3) is 0.350. The summed E-state index contributed by atoms with van der Waals surface area (Å²) in [6.45, 7) is 7.26. The molecule has 262 valence electrons. The lowest BCUT2D eigenvalue weighted by Crippen LogP contribution is -2.23. The van der Waals surface area contributed by atoms with Gasteiger partial charge in [-0.05, 0) is 84.6 Å². The van der Waals surface area contributed by atoms with Crippen LogP contribution < -0.4 is 9.47 Å². The Balaban J connectivity index is 0.827. The van der Waals surface area contributed by atoms with Gasteiger partial charge in [0, 0.05) is 0 Å². The lowest BCUT2D eigenvalue weighted by Gasteiger charge is -2.15. The van der Waals surface area contributed by atoms with Crippen LogP contribution >= 0.6 is 0 Å². The van der Waals surface area contributed by atoms with Crippen LogP contribution in [0.4, 0.5) is 0 Å². The summed E-state index contributed by atoms with van der Waals surface area (Å²) in [5, 5.41) is 0. The van der Waals surface area contributed by atoms with E-state index in [4.69, 9.17) is 37.9 Å². The van der Waals surface area contributed by atoms with Gasteiger partial charge in [-0.2, -0.15) is 0 Å². The smallest absolute Gasteiger partial charge is 0.338 e. The largest absolute Gasteiger partial charge is 0.491 e. The number of benzene rings is 4. The molecule has 2 aliphatic rings. The van der Waals surface area contributed by atoms with Crippen LogP contribution in [-0.2, 0) is 28.4 Å². The van der Waals surface area contributed by atoms with E-state index in [2.05, 4.69) is 0 Å². The summed E-state index contributed by atoms with van der Waals surface area (Å²) in [7, 11) is 0. The van der Waals surface area contributed by atoms with Crippen molar-refractivity contribution in [2.75, 3.05) is 52.9 Å². The maximum Gasteiger partial charge on any atom is 0.338 e. The second-order valence-corrected chi connectivity index (χ2v) is 12.3. The van der Waals surface area contributed by atoms with Gasteiger partial charge in [-0.25, -0.2) is 9.59 Å². The van der Waals surface area contributed by atoms with Gasteiger partial charge in [-0.1, -0.05) is 48.5 Å². The lowest BCUT2D eigenvalue weighted by atomic mass is 10.0. The van der Waals surface area contributed by atoms with Crippen molar-refractivity contribution in [3.63, 3.8) is 0 Å². The summed E-state index contributed by atoms with van der Waals surface area (Å²) in [5.74, 6) is 0.761. The van der Waals surface area contributed by atoms with E-state index in [1.165, 1.54) is 0 Å². The first-order chi connectivity index (χ1) is 24.4. The molecule has 4 atom stereocenters. The van der Waals surface area contributed by atoms with Gasteiger partial charge >= 0.3 is 11.9 Å². The highest BCUT2D eigenvalue weighted by molar-refractivity contribution is 5.90. The molecular weight excluding hydrogens is 640 g/mol. The van der Waals surface area contributed by atoms with Crippen LogP contribution in [0.2, 0.25) is 0 Å². The van der Waals surface area contributed by atoms with Crippen molar-refractivity contribution < 1.29 is 47.5 Å². The quantitative estimate of drug-likeness (QED) is 0.0625. The molecule has 0 N–H and O–H groups in total. The Morgan fingerprint density at radius 2 is 0.880 bits per heavy atom. The molecular formula is C40H42O10. The Morgan fingerprint density at radius 1 is 0.560 bits per heavy atom. The average Bonchev–Trinajstić information content (AvgIpc) is 4.08. The SMILES string of the molecule is CC(COCCOCC(C)OC(=O)c1ccc(-c2ccc(OCC3CO3)cc2)cc1)OC(=O)c1ccc(-c2ccc(OCC3CO3)cc2)cc1. The molecule has 4 aromatic carbocycles. The van der Waals surface area contributed by atoms with Gasteiger partial charge in [0.05, 0.1) is 50.8 Å². The number of hydrogen-bond donors (Lipinski definition) is 0. The Morgan fingerprint density at radius 3 is 1.20 bits per heavy atom. The predicted molar refractivity (Wildman–Crippen MR) is 186 cm³/mol. The highest BCUT2D eigenvalue weighted by atomic mass is 16.6. The first-order valence-corrected chi connectivity index (χ1v) is 16.9. The molecule has 0 aromatic heterocycles. The van der Waals surface area contributed by atoms with Crippen molar-refractivity contribution in [3.05, 3.63) is 108 Å². The summed E-state index contributed by atoms with van der Waals surface area (Å²) >= 11 is 0. The number of rotatable bonds is 19. The Labute approximate surface area is 292 Å². The molecule has 0 radical (unpaired) electrons. The van der Waals surface area contributed by atoms with Crippen LogP contribution in [0, 0.1) is 0 Å². The zero-order valence-corrected chi connectivity index (χ0v) is 28.3. The Hall–Kier alpha value is -4.74. The molecule has 0 saturated carbocycles. The van der Waals surface area contributed by atoms with Crippen molar-refractivity contribution in [1.29, 1.82) is 0 Å². The number of epoxide rings is 2. The molecule has 6 rings (SSSR count). The molecule has 10 nitrogen and oxygen atoms in total. The van der Waals surface area contributed by atoms with E-state index in [9.17, 15) is 9.59 Å². The Kier molecular flexibility index (Phi) is 12.1. The van der Waals surface area contributed by atoms with Crippen molar-refractivity contribution >= 4 is 11.9 Å². The Bertz CT molecular complexity index is 1530. The first-order valence-electron chi connectivity index (χ1n) is 16.9. The van der Waals surface area contributed by atoms with Crippen LogP contribution in [0.5, 0.6) is 11.5 Å². The van der Waals surface area contributed by atoms with Gasteiger partial charge in [-0.3, -0.25) is 0 Å². The van der Waals surface area contributed by atoms with Crippen molar-refractivity contribution in [2.24, 2.45) is 0 Å². The average molecular weight is 683 g/mol. The zero-order valence-electron chi connectivity index (χ0n) is 28.3. The number of ether oxygens (including phenoxy) is 8. The summed E-state index contributed by atoms with van der Waals surface area (Å²) in [6, 6.07) is 30.2. The van der Waals surface area contributed by atoms with Crippen molar-refractivity contribution in [2.45, 2.75) is 38.3 Å². The zero-order chi connectivity index (χ0) is 34.7. The first kappa shape index (κ1) is 35.1. The molecule has 4 aromatic rings. The molecule has 2 fully saturated rings. The minimum Gasteiger partial charge on any atom is -0.491 e. The van der Waals surface area contributed by atoms with Gasteiger partial charge in [-0.15, -0.1) is 0 Å². The predicted octanol–water partition coefficient (Wildman–Crippen LogP) is 6.40. The highest BCUT2D eigenvalue weighted by Gasteiger charge is 2.24. The van der Waals surface area contributed by atoms with Gasteiger partial charge < -0.3 is 37.9 Å². The number of carbonyl (C=O) groups excluding carboxylic acids is 2. The van der Waals surface area contributed by atoms with Gasteiger partial charge in [0.25, 0.3) is 0 Å². The molecule has 50 heavy (non-hydrogen) atoms. The van der Waals surface area contributed by atoms with Crippen LogP contribution in [0.15, 0.2) is 97.1 Å². The third kappa shape index (κ3) is 10.9.